The average Bonchev–Trinajstić information content (AvgIpc) is 2.66. The molecule has 0 saturated carbocycles. The Labute approximate surface area is 156 Å². The lowest BCUT2D eigenvalue weighted by Crippen LogP contribution is -2.33. The second-order valence-electron chi connectivity index (χ2n) is 6.82. The molecule has 146 valence electrons. The number of alkyl halides is 3. The Hall–Kier alpha value is -2.44. The number of hydrogen-bond donors (Lipinski definition) is 1. The summed E-state index contributed by atoms with van der Waals surface area (Å²) >= 11 is 0. The number of ether oxygens (including phenoxy) is 1. The SMILES string of the molecule is Oc1ccc(N2CCC(CCCOc3ccc(C(F)(F)F)cn3)CC2)cc1. The molecule has 1 saturated heterocycles. The first-order chi connectivity index (χ1) is 12.9. The van der Waals surface area contributed by atoms with Crippen molar-refractivity contribution in [2.24, 2.45) is 5.92 Å². The van der Waals surface area contributed by atoms with Crippen molar-refractivity contribution >= 4 is 5.69 Å². The maximum atomic E-state index is 12.5. The molecule has 1 aromatic carbocycles. The summed E-state index contributed by atoms with van der Waals surface area (Å²) in [6.07, 6.45) is 0.504. The van der Waals surface area contributed by atoms with Gasteiger partial charge in [-0.15, -0.1) is 0 Å². The van der Waals surface area contributed by atoms with Crippen molar-refractivity contribution in [2.45, 2.75) is 31.9 Å². The fourth-order valence-electron chi connectivity index (χ4n) is 3.33. The molecule has 4 nitrogen and oxygen atoms in total. The van der Waals surface area contributed by atoms with Gasteiger partial charge >= 0.3 is 6.18 Å². The highest BCUT2D eigenvalue weighted by Gasteiger charge is 2.30. The number of benzene rings is 1. The van der Waals surface area contributed by atoms with E-state index in [1.807, 2.05) is 12.1 Å². The van der Waals surface area contributed by atoms with Crippen molar-refractivity contribution in [1.29, 1.82) is 0 Å². The lowest BCUT2D eigenvalue weighted by Gasteiger charge is -2.33. The normalized spacial score (nSPS) is 15.7. The summed E-state index contributed by atoms with van der Waals surface area (Å²) in [6, 6.07) is 9.52. The van der Waals surface area contributed by atoms with E-state index in [2.05, 4.69) is 9.88 Å². The lowest BCUT2D eigenvalue weighted by atomic mass is 9.92. The van der Waals surface area contributed by atoms with E-state index in [-0.39, 0.29) is 11.6 Å². The Balaban J connectivity index is 1.35. The van der Waals surface area contributed by atoms with Gasteiger partial charge in [-0.25, -0.2) is 4.98 Å². The molecular weight excluding hydrogens is 357 g/mol. The Kier molecular flexibility index (Phi) is 6.08. The van der Waals surface area contributed by atoms with Crippen molar-refractivity contribution in [2.75, 3.05) is 24.6 Å². The summed E-state index contributed by atoms with van der Waals surface area (Å²) in [6.45, 7) is 2.42. The highest BCUT2D eigenvalue weighted by molar-refractivity contribution is 5.49. The number of anilines is 1. The molecule has 2 aromatic rings. The fraction of sp³-hybridized carbons (Fsp3) is 0.450. The fourth-order valence-corrected chi connectivity index (χ4v) is 3.33. The monoisotopic (exact) mass is 380 g/mol. The summed E-state index contributed by atoms with van der Waals surface area (Å²) < 4.78 is 42.9. The minimum Gasteiger partial charge on any atom is -0.508 e. The third-order valence-electron chi connectivity index (χ3n) is 4.90. The standard InChI is InChI=1S/C20H23F3N2O2/c21-20(22,23)16-3-8-19(24-14-16)27-13-1-2-15-9-11-25(12-10-15)17-4-6-18(26)7-5-17/h3-8,14-15,26H,1-2,9-13H2. The number of aromatic hydroxyl groups is 1. The molecule has 0 amide bonds. The number of piperidine rings is 1. The van der Waals surface area contributed by atoms with Crippen LogP contribution in [0.3, 0.4) is 0 Å². The molecule has 1 N–H and O–H groups in total. The minimum absolute atomic E-state index is 0.227. The van der Waals surface area contributed by atoms with E-state index in [9.17, 15) is 18.3 Å². The van der Waals surface area contributed by atoms with Crippen molar-refractivity contribution < 1.29 is 23.0 Å². The van der Waals surface area contributed by atoms with Crippen LogP contribution in [-0.4, -0.2) is 29.8 Å². The Morgan fingerprint density at radius 1 is 1.07 bits per heavy atom. The van der Waals surface area contributed by atoms with Crippen LogP contribution in [0.2, 0.25) is 0 Å². The molecule has 7 heteroatoms. The molecule has 0 radical (unpaired) electrons. The second-order valence-corrected chi connectivity index (χ2v) is 6.82. The number of nitrogens with zero attached hydrogens (tertiary/aromatic N) is 2. The van der Waals surface area contributed by atoms with Gasteiger partial charge in [0, 0.05) is 31.0 Å². The van der Waals surface area contributed by atoms with Gasteiger partial charge in [0.05, 0.1) is 12.2 Å². The molecule has 1 aliphatic rings. The number of rotatable bonds is 6. The Morgan fingerprint density at radius 2 is 1.78 bits per heavy atom. The molecule has 1 aliphatic heterocycles. The molecule has 1 fully saturated rings. The average molecular weight is 380 g/mol. The van der Waals surface area contributed by atoms with E-state index in [1.165, 1.54) is 6.07 Å². The maximum Gasteiger partial charge on any atom is 0.417 e. The van der Waals surface area contributed by atoms with Gasteiger partial charge in [-0.1, -0.05) is 0 Å². The molecule has 0 aliphatic carbocycles. The summed E-state index contributed by atoms with van der Waals surface area (Å²) in [5.41, 5.74) is 0.359. The number of pyridine rings is 1. The van der Waals surface area contributed by atoms with E-state index < -0.39 is 11.7 Å². The number of phenolic OH excluding ortho intramolecular Hbond substituents is 1. The van der Waals surface area contributed by atoms with Crippen LogP contribution in [0.1, 0.15) is 31.2 Å². The third kappa shape index (κ3) is 5.52. The Morgan fingerprint density at radius 3 is 2.37 bits per heavy atom. The largest absolute Gasteiger partial charge is 0.508 e. The van der Waals surface area contributed by atoms with Gasteiger partial charge in [0.2, 0.25) is 5.88 Å². The van der Waals surface area contributed by atoms with Crippen LogP contribution in [0.4, 0.5) is 18.9 Å². The van der Waals surface area contributed by atoms with Gasteiger partial charge in [0.15, 0.2) is 0 Å². The van der Waals surface area contributed by atoms with Gasteiger partial charge in [-0.2, -0.15) is 13.2 Å². The van der Waals surface area contributed by atoms with E-state index in [0.717, 1.165) is 56.7 Å². The summed E-state index contributed by atoms with van der Waals surface area (Å²) in [5, 5.41) is 9.36. The molecular formula is C20H23F3N2O2. The number of hydrogen-bond acceptors (Lipinski definition) is 4. The maximum absolute atomic E-state index is 12.5. The van der Waals surface area contributed by atoms with Crippen LogP contribution in [-0.2, 0) is 6.18 Å². The molecule has 0 atom stereocenters. The van der Waals surface area contributed by atoms with E-state index in [4.69, 9.17) is 4.74 Å². The van der Waals surface area contributed by atoms with Crippen molar-refractivity contribution in [3.63, 3.8) is 0 Å². The van der Waals surface area contributed by atoms with Crippen LogP contribution in [0, 0.1) is 5.92 Å². The number of phenols is 1. The molecule has 0 bridgehead atoms. The van der Waals surface area contributed by atoms with E-state index in [0.29, 0.717) is 12.5 Å². The first-order valence-corrected chi connectivity index (χ1v) is 9.12. The predicted molar refractivity (Wildman–Crippen MR) is 97.0 cm³/mol. The molecule has 2 heterocycles. The van der Waals surface area contributed by atoms with Gasteiger partial charge in [0.25, 0.3) is 0 Å². The van der Waals surface area contributed by atoms with Crippen LogP contribution in [0.25, 0.3) is 0 Å². The molecule has 1 aromatic heterocycles. The number of aromatic nitrogens is 1. The first-order valence-electron chi connectivity index (χ1n) is 9.12. The zero-order valence-electron chi connectivity index (χ0n) is 15.0. The van der Waals surface area contributed by atoms with E-state index >= 15 is 0 Å². The lowest BCUT2D eigenvalue weighted by molar-refractivity contribution is -0.137. The summed E-state index contributed by atoms with van der Waals surface area (Å²) in [5.74, 6) is 1.13. The van der Waals surface area contributed by atoms with Crippen LogP contribution in [0.15, 0.2) is 42.6 Å². The van der Waals surface area contributed by atoms with Gasteiger partial charge in [0.1, 0.15) is 5.75 Å². The highest BCUT2D eigenvalue weighted by atomic mass is 19.4. The van der Waals surface area contributed by atoms with Gasteiger partial charge in [-0.3, -0.25) is 0 Å². The molecule has 3 rings (SSSR count). The predicted octanol–water partition coefficient (Wildman–Crippen LogP) is 4.88. The van der Waals surface area contributed by atoms with Gasteiger partial charge < -0.3 is 14.7 Å². The van der Waals surface area contributed by atoms with Crippen molar-refractivity contribution in [3.05, 3.63) is 48.2 Å². The van der Waals surface area contributed by atoms with Gasteiger partial charge in [-0.05, 0) is 61.9 Å². The van der Waals surface area contributed by atoms with Crippen molar-refractivity contribution in [1.82, 2.24) is 4.98 Å². The molecule has 27 heavy (non-hydrogen) atoms. The molecule has 0 spiro atoms. The zero-order valence-corrected chi connectivity index (χ0v) is 15.0. The third-order valence-corrected chi connectivity index (χ3v) is 4.90. The van der Waals surface area contributed by atoms with Crippen molar-refractivity contribution in [3.8, 4) is 11.6 Å². The minimum atomic E-state index is -4.37. The first kappa shape index (κ1) is 19.3. The topological polar surface area (TPSA) is 45.6 Å². The second kappa shape index (κ2) is 8.50. The smallest absolute Gasteiger partial charge is 0.417 e. The quantitative estimate of drug-likeness (QED) is 0.726. The highest BCUT2D eigenvalue weighted by Crippen LogP contribution is 2.29. The zero-order chi connectivity index (χ0) is 19.3. The number of halogens is 3. The van der Waals surface area contributed by atoms with Crippen LogP contribution >= 0.6 is 0 Å². The molecule has 0 unspecified atom stereocenters. The van der Waals surface area contributed by atoms with Crippen LogP contribution in [0.5, 0.6) is 11.6 Å². The summed E-state index contributed by atoms with van der Waals surface area (Å²) in [7, 11) is 0. The van der Waals surface area contributed by atoms with E-state index in [1.54, 1.807) is 12.1 Å². The summed E-state index contributed by atoms with van der Waals surface area (Å²) in [4.78, 5) is 6.03. The van der Waals surface area contributed by atoms with Crippen LogP contribution < -0.4 is 9.64 Å². The Bertz CT molecular complexity index is 710.